The lowest BCUT2D eigenvalue weighted by Crippen LogP contribution is -2.38. The van der Waals surface area contributed by atoms with Crippen LogP contribution in [0.2, 0.25) is 0 Å². The van der Waals surface area contributed by atoms with Gasteiger partial charge in [-0.1, -0.05) is 0 Å². The van der Waals surface area contributed by atoms with Gasteiger partial charge in [0.25, 0.3) is 0 Å². The number of anilines is 1. The van der Waals surface area contributed by atoms with Crippen LogP contribution in [0, 0.1) is 0 Å². The number of pyridine rings is 1. The van der Waals surface area contributed by atoms with E-state index >= 15 is 0 Å². The predicted molar refractivity (Wildman–Crippen MR) is 69.1 cm³/mol. The first-order valence-electron chi connectivity index (χ1n) is 6.21. The van der Waals surface area contributed by atoms with Gasteiger partial charge in [-0.05, 0) is 33.0 Å². The maximum Gasteiger partial charge on any atom is 0.0703 e. The number of aliphatic hydroxyl groups is 1. The van der Waals surface area contributed by atoms with Crippen LogP contribution in [0.5, 0.6) is 0 Å². The molecule has 1 aliphatic rings. The first kappa shape index (κ1) is 12.3. The van der Waals surface area contributed by atoms with Crippen LogP contribution in [0.15, 0.2) is 18.5 Å². The maximum absolute atomic E-state index is 9.39. The monoisotopic (exact) mass is 235 g/mol. The van der Waals surface area contributed by atoms with E-state index in [2.05, 4.69) is 28.8 Å². The molecule has 1 N–H and O–H groups in total. The summed E-state index contributed by atoms with van der Waals surface area (Å²) in [7, 11) is 2.16. The summed E-state index contributed by atoms with van der Waals surface area (Å²) in [4.78, 5) is 8.91. The molecule has 4 heteroatoms. The first-order chi connectivity index (χ1) is 8.22. The van der Waals surface area contributed by atoms with Crippen LogP contribution in [0.1, 0.15) is 18.9 Å². The lowest BCUT2D eigenvalue weighted by molar-refractivity contribution is 0.281. The van der Waals surface area contributed by atoms with Crippen molar-refractivity contribution in [1.82, 2.24) is 9.88 Å². The van der Waals surface area contributed by atoms with Gasteiger partial charge in [0, 0.05) is 30.9 Å². The lowest BCUT2D eigenvalue weighted by atomic mass is 10.1. The van der Waals surface area contributed by atoms with Crippen LogP contribution in [0.3, 0.4) is 0 Å². The Labute approximate surface area is 103 Å². The molecule has 0 spiro atoms. The lowest BCUT2D eigenvalue weighted by Gasteiger charge is -2.31. The highest BCUT2D eigenvalue weighted by atomic mass is 16.3. The Morgan fingerprint density at radius 2 is 2.29 bits per heavy atom. The minimum Gasteiger partial charge on any atom is -0.392 e. The molecule has 1 atom stereocenters. The number of hydrogen-bond donors (Lipinski definition) is 1. The predicted octanol–water partition coefficient (Wildman–Crippen LogP) is 1.10. The standard InChI is InChI=1S/C13H21N3O/c1-11-9-15(2)6-3-7-16(11)13-8-14-5-4-12(13)10-17/h4-5,8,11,17H,3,6-7,9-10H2,1-2H3. The van der Waals surface area contributed by atoms with Crippen molar-refractivity contribution in [3.05, 3.63) is 24.0 Å². The van der Waals surface area contributed by atoms with E-state index < -0.39 is 0 Å². The Hall–Kier alpha value is -1.13. The molecule has 94 valence electrons. The zero-order valence-electron chi connectivity index (χ0n) is 10.6. The third-order valence-electron chi connectivity index (χ3n) is 3.41. The van der Waals surface area contributed by atoms with Crippen molar-refractivity contribution < 1.29 is 5.11 Å². The van der Waals surface area contributed by atoms with Crippen LogP contribution in [-0.2, 0) is 6.61 Å². The maximum atomic E-state index is 9.39. The molecule has 1 aromatic rings. The van der Waals surface area contributed by atoms with Gasteiger partial charge >= 0.3 is 0 Å². The molecule has 1 fully saturated rings. The fourth-order valence-electron chi connectivity index (χ4n) is 2.54. The Balaban J connectivity index is 2.25. The molecule has 0 radical (unpaired) electrons. The van der Waals surface area contributed by atoms with Crippen LogP contribution in [0.25, 0.3) is 0 Å². The summed E-state index contributed by atoms with van der Waals surface area (Å²) in [6.45, 7) is 5.53. The van der Waals surface area contributed by atoms with Gasteiger partial charge in [0.15, 0.2) is 0 Å². The summed E-state index contributed by atoms with van der Waals surface area (Å²) in [6, 6.07) is 2.36. The summed E-state index contributed by atoms with van der Waals surface area (Å²) in [6.07, 6.45) is 4.76. The Morgan fingerprint density at radius 3 is 3.06 bits per heavy atom. The number of aliphatic hydroxyl groups excluding tert-OH is 1. The van der Waals surface area contributed by atoms with Gasteiger partial charge in [-0.25, -0.2) is 0 Å². The van der Waals surface area contributed by atoms with E-state index in [9.17, 15) is 5.11 Å². The summed E-state index contributed by atoms with van der Waals surface area (Å²) in [5.74, 6) is 0. The van der Waals surface area contributed by atoms with Crippen molar-refractivity contribution in [2.45, 2.75) is 26.0 Å². The summed E-state index contributed by atoms with van der Waals surface area (Å²) >= 11 is 0. The quantitative estimate of drug-likeness (QED) is 0.833. The average Bonchev–Trinajstić information content (AvgIpc) is 2.50. The van der Waals surface area contributed by atoms with Crippen molar-refractivity contribution in [3.63, 3.8) is 0 Å². The SMILES string of the molecule is CC1CN(C)CCCN1c1cnccc1CO. The molecular formula is C13H21N3O. The fourth-order valence-corrected chi connectivity index (χ4v) is 2.54. The minimum absolute atomic E-state index is 0.0803. The smallest absolute Gasteiger partial charge is 0.0703 e. The molecule has 2 heterocycles. The molecule has 0 saturated carbocycles. The molecule has 0 bridgehead atoms. The van der Waals surface area contributed by atoms with Crippen molar-refractivity contribution in [1.29, 1.82) is 0 Å². The third-order valence-corrected chi connectivity index (χ3v) is 3.41. The minimum atomic E-state index is 0.0803. The largest absolute Gasteiger partial charge is 0.392 e. The van der Waals surface area contributed by atoms with Gasteiger partial charge < -0.3 is 14.9 Å². The fraction of sp³-hybridized carbons (Fsp3) is 0.615. The molecule has 1 aromatic heterocycles. The molecule has 1 saturated heterocycles. The second kappa shape index (κ2) is 5.47. The molecule has 1 unspecified atom stereocenters. The first-order valence-corrected chi connectivity index (χ1v) is 6.21. The second-order valence-corrected chi connectivity index (χ2v) is 4.82. The molecule has 0 amide bonds. The highest BCUT2D eigenvalue weighted by molar-refractivity contribution is 5.52. The van der Waals surface area contributed by atoms with Gasteiger partial charge in [-0.15, -0.1) is 0 Å². The Kier molecular flexibility index (Phi) is 3.97. The molecule has 1 aliphatic heterocycles. The van der Waals surface area contributed by atoms with Gasteiger partial charge in [0.2, 0.25) is 0 Å². The number of likely N-dealkylation sites (N-methyl/N-ethyl adjacent to an activating group) is 1. The highest BCUT2D eigenvalue weighted by Gasteiger charge is 2.21. The average molecular weight is 235 g/mol. The Bertz CT molecular complexity index is 369. The number of nitrogens with zero attached hydrogens (tertiary/aromatic N) is 3. The van der Waals surface area contributed by atoms with E-state index in [4.69, 9.17) is 0 Å². The molecule has 0 aliphatic carbocycles. The van der Waals surface area contributed by atoms with Crippen molar-refractivity contribution in [2.75, 3.05) is 31.6 Å². The van der Waals surface area contributed by atoms with Crippen LogP contribution >= 0.6 is 0 Å². The number of aromatic nitrogens is 1. The third kappa shape index (κ3) is 2.76. The van der Waals surface area contributed by atoms with Crippen molar-refractivity contribution in [3.8, 4) is 0 Å². The zero-order valence-corrected chi connectivity index (χ0v) is 10.6. The van der Waals surface area contributed by atoms with E-state index in [-0.39, 0.29) is 6.61 Å². The summed E-state index contributed by atoms with van der Waals surface area (Å²) < 4.78 is 0. The summed E-state index contributed by atoms with van der Waals surface area (Å²) in [5.41, 5.74) is 2.05. The van der Waals surface area contributed by atoms with E-state index in [1.165, 1.54) is 0 Å². The summed E-state index contributed by atoms with van der Waals surface area (Å²) in [5, 5.41) is 9.39. The van der Waals surface area contributed by atoms with Crippen LogP contribution < -0.4 is 4.90 Å². The van der Waals surface area contributed by atoms with Crippen LogP contribution in [0.4, 0.5) is 5.69 Å². The molecule has 2 rings (SSSR count). The molecular weight excluding hydrogens is 214 g/mol. The van der Waals surface area contributed by atoms with Gasteiger partial charge in [-0.2, -0.15) is 0 Å². The van der Waals surface area contributed by atoms with Gasteiger partial charge in [0.1, 0.15) is 0 Å². The molecule has 4 nitrogen and oxygen atoms in total. The number of hydrogen-bond acceptors (Lipinski definition) is 4. The Morgan fingerprint density at radius 1 is 1.47 bits per heavy atom. The van der Waals surface area contributed by atoms with Gasteiger partial charge in [0.05, 0.1) is 18.5 Å². The van der Waals surface area contributed by atoms with E-state index in [1.54, 1.807) is 6.20 Å². The van der Waals surface area contributed by atoms with E-state index in [0.29, 0.717) is 6.04 Å². The molecule has 0 aromatic carbocycles. The van der Waals surface area contributed by atoms with Crippen molar-refractivity contribution in [2.24, 2.45) is 0 Å². The van der Waals surface area contributed by atoms with Crippen molar-refractivity contribution >= 4 is 5.69 Å². The van der Waals surface area contributed by atoms with Gasteiger partial charge in [-0.3, -0.25) is 4.98 Å². The zero-order chi connectivity index (χ0) is 12.3. The number of rotatable bonds is 2. The van der Waals surface area contributed by atoms with E-state index in [1.807, 2.05) is 12.3 Å². The molecule has 17 heavy (non-hydrogen) atoms. The normalized spacial score (nSPS) is 22.5. The highest BCUT2D eigenvalue weighted by Crippen LogP contribution is 2.23. The van der Waals surface area contributed by atoms with Crippen LogP contribution in [-0.4, -0.2) is 47.7 Å². The van der Waals surface area contributed by atoms with E-state index in [0.717, 1.165) is 37.3 Å². The topological polar surface area (TPSA) is 39.6 Å². The second-order valence-electron chi connectivity index (χ2n) is 4.82.